The van der Waals surface area contributed by atoms with E-state index < -0.39 is 11.4 Å². The molecule has 1 saturated carbocycles. The van der Waals surface area contributed by atoms with Crippen molar-refractivity contribution in [3.05, 3.63) is 58.0 Å². The van der Waals surface area contributed by atoms with Crippen LogP contribution in [0.2, 0.25) is 0 Å². The summed E-state index contributed by atoms with van der Waals surface area (Å²) in [6, 6.07) is 8.42. The van der Waals surface area contributed by atoms with Crippen LogP contribution in [0.15, 0.2) is 41.5 Å². The van der Waals surface area contributed by atoms with Gasteiger partial charge < -0.3 is 19.9 Å². The second-order valence-corrected chi connectivity index (χ2v) is 9.07. The number of nitrogens with zero attached hydrogens (tertiary/aromatic N) is 4. The average Bonchev–Trinajstić information content (AvgIpc) is 3.53. The first-order chi connectivity index (χ1) is 16.1. The van der Waals surface area contributed by atoms with Crippen molar-refractivity contribution in [1.29, 1.82) is 0 Å². The number of aromatic carboxylic acids is 1. The molecule has 2 aromatic heterocycles. The number of likely N-dealkylation sites (tertiary alicyclic amines) is 1. The molecule has 8 nitrogen and oxygen atoms in total. The summed E-state index contributed by atoms with van der Waals surface area (Å²) in [5.74, 6) is -0.831. The number of anilines is 2. The van der Waals surface area contributed by atoms with E-state index in [9.17, 15) is 14.7 Å². The number of pyridine rings is 1. The molecule has 3 heterocycles. The van der Waals surface area contributed by atoms with Crippen LogP contribution in [0.1, 0.15) is 60.5 Å². The molecular formula is C25H29N5O3. The minimum absolute atomic E-state index is 0.142. The Morgan fingerprint density at radius 1 is 1.09 bits per heavy atom. The number of nitrogens with one attached hydrogen (secondary N) is 1. The number of carbonyl (C=O) groups is 1. The lowest BCUT2D eigenvalue weighted by Gasteiger charge is -2.18. The quantitative estimate of drug-likeness (QED) is 0.565. The van der Waals surface area contributed by atoms with Crippen molar-refractivity contribution in [2.24, 2.45) is 0 Å². The van der Waals surface area contributed by atoms with E-state index in [1.165, 1.54) is 43.9 Å². The lowest BCUT2D eigenvalue weighted by Crippen LogP contribution is -2.22. The van der Waals surface area contributed by atoms with Gasteiger partial charge in [0.05, 0.1) is 5.39 Å². The van der Waals surface area contributed by atoms with Gasteiger partial charge in [0.2, 0.25) is 11.4 Å². The summed E-state index contributed by atoms with van der Waals surface area (Å²) in [6.45, 7) is 3.51. The van der Waals surface area contributed by atoms with Crippen molar-refractivity contribution >= 4 is 28.6 Å². The fourth-order valence-corrected chi connectivity index (χ4v) is 4.98. The highest BCUT2D eigenvalue weighted by Gasteiger charge is 2.23. The van der Waals surface area contributed by atoms with Crippen molar-refractivity contribution in [2.75, 3.05) is 25.0 Å². The molecule has 0 spiro atoms. The zero-order valence-corrected chi connectivity index (χ0v) is 18.7. The van der Waals surface area contributed by atoms with Crippen LogP contribution in [0.3, 0.4) is 0 Å². The monoisotopic (exact) mass is 447 g/mol. The minimum atomic E-state index is -1.22. The molecule has 2 aliphatic rings. The van der Waals surface area contributed by atoms with Gasteiger partial charge in [0, 0.05) is 30.7 Å². The molecule has 5 rings (SSSR count). The predicted octanol–water partition coefficient (Wildman–Crippen LogP) is 3.99. The van der Waals surface area contributed by atoms with E-state index in [2.05, 4.69) is 32.3 Å². The van der Waals surface area contributed by atoms with Crippen LogP contribution in [-0.4, -0.2) is 50.1 Å². The fraction of sp³-hybridized carbons (Fsp3) is 0.440. The molecule has 0 atom stereocenters. The third-order valence-corrected chi connectivity index (χ3v) is 6.84. The van der Waals surface area contributed by atoms with Gasteiger partial charge >= 0.3 is 5.97 Å². The van der Waals surface area contributed by atoms with Crippen LogP contribution in [0.4, 0.5) is 11.6 Å². The van der Waals surface area contributed by atoms with E-state index in [-0.39, 0.29) is 17.0 Å². The number of carboxylic acids is 1. The Kier molecular flexibility index (Phi) is 6.09. The van der Waals surface area contributed by atoms with Crippen molar-refractivity contribution in [2.45, 2.75) is 51.0 Å². The van der Waals surface area contributed by atoms with Gasteiger partial charge in [-0.15, -0.1) is 0 Å². The first-order valence-corrected chi connectivity index (χ1v) is 11.8. The van der Waals surface area contributed by atoms with Gasteiger partial charge in [-0.3, -0.25) is 4.79 Å². The van der Waals surface area contributed by atoms with Gasteiger partial charge in [-0.05, 0) is 62.9 Å². The summed E-state index contributed by atoms with van der Waals surface area (Å²) in [5.41, 5.74) is 1.87. The molecule has 1 aliphatic carbocycles. The Morgan fingerprint density at radius 3 is 2.52 bits per heavy atom. The molecule has 2 N–H and O–H groups in total. The van der Waals surface area contributed by atoms with Crippen LogP contribution < -0.4 is 10.7 Å². The van der Waals surface area contributed by atoms with Crippen molar-refractivity contribution < 1.29 is 9.90 Å². The summed E-state index contributed by atoms with van der Waals surface area (Å²) >= 11 is 0. The van der Waals surface area contributed by atoms with E-state index in [0.29, 0.717) is 11.6 Å². The van der Waals surface area contributed by atoms with Gasteiger partial charge in [0.25, 0.3) is 0 Å². The van der Waals surface area contributed by atoms with Crippen LogP contribution >= 0.6 is 0 Å². The molecule has 0 radical (unpaired) electrons. The number of fused-ring (bicyclic) bond motifs is 1. The Hall–Kier alpha value is -3.26. The highest BCUT2D eigenvalue weighted by molar-refractivity contribution is 5.91. The first-order valence-electron chi connectivity index (χ1n) is 11.8. The van der Waals surface area contributed by atoms with E-state index >= 15 is 0 Å². The first kappa shape index (κ1) is 21.6. The van der Waals surface area contributed by atoms with Crippen LogP contribution in [-0.2, 0) is 6.42 Å². The second-order valence-electron chi connectivity index (χ2n) is 9.07. The second kappa shape index (κ2) is 9.31. The van der Waals surface area contributed by atoms with Gasteiger partial charge in [-0.25, -0.2) is 9.78 Å². The lowest BCUT2D eigenvalue weighted by molar-refractivity contribution is 0.0694. The van der Waals surface area contributed by atoms with Gasteiger partial charge in [-0.2, -0.15) is 4.98 Å². The lowest BCUT2D eigenvalue weighted by atomic mass is 10.1. The van der Waals surface area contributed by atoms with Gasteiger partial charge in [0.1, 0.15) is 11.2 Å². The fourth-order valence-electron chi connectivity index (χ4n) is 4.98. The molecule has 0 unspecified atom stereocenters. The Labute approximate surface area is 192 Å². The molecule has 8 heteroatoms. The van der Waals surface area contributed by atoms with E-state index in [1.807, 2.05) is 16.7 Å². The van der Waals surface area contributed by atoms with Crippen LogP contribution in [0.5, 0.6) is 0 Å². The Bertz CT molecular complexity index is 1210. The maximum absolute atomic E-state index is 12.7. The van der Waals surface area contributed by atoms with Crippen molar-refractivity contribution in [3.8, 4) is 0 Å². The summed E-state index contributed by atoms with van der Waals surface area (Å²) < 4.78 is 1.86. The summed E-state index contributed by atoms with van der Waals surface area (Å²) in [5, 5.41) is 13.0. The zero-order chi connectivity index (χ0) is 22.8. The average molecular weight is 448 g/mol. The normalized spacial score (nSPS) is 17.1. The third kappa shape index (κ3) is 4.61. The molecule has 33 heavy (non-hydrogen) atoms. The zero-order valence-electron chi connectivity index (χ0n) is 18.7. The Morgan fingerprint density at radius 2 is 1.82 bits per heavy atom. The number of aromatic nitrogens is 3. The molecule has 2 fully saturated rings. The number of hydrogen-bond acceptors (Lipinski definition) is 6. The minimum Gasteiger partial charge on any atom is -0.477 e. The van der Waals surface area contributed by atoms with Crippen LogP contribution in [0.25, 0.3) is 11.0 Å². The molecule has 172 valence electrons. The summed E-state index contributed by atoms with van der Waals surface area (Å²) in [6.07, 6.45) is 10.6. The molecule has 1 aliphatic heterocycles. The summed E-state index contributed by atoms with van der Waals surface area (Å²) in [7, 11) is 0. The number of hydrogen-bond donors (Lipinski definition) is 2. The smallest absolute Gasteiger partial charge is 0.341 e. The van der Waals surface area contributed by atoms with E-state index in [0.717, 1.165) is 44.3 Å². The van der Waals surface area contributed by atoms with Crippen LogP contribution in [0, 0.1) is 0 Å². The molecule has 1 aromatic carbocycles. The molecular weight excluding hydrogens is 418 g/mol. The number of carboxylic acid groups (broad SMARTS) is 1. The largest absolute Gasteiger partial charge is 0.477 e. The maximum Gasteiger partial charge on any atom is 0.341 e. The third-order valence-electron chi connectivity index (χ3n) is 6.84. The van der Waals surface area contributed by atoms with Crippen molar-refractivity contribution in [3.63, 3.8) is 0 Å². The standard InChI is InChI=1S/C25H29N5O3/c31-22-20-15-26-25(27-18-9-7-17(8-10-18)11-14-29-12-3-4-13-29)28-23(20)30(16-21(22)24(32)33)19-5-1-2-6-19/h7-10,15-16,19H,1-6,11-14H2,(H,32,33)(H,26,27,28). The number of benzene rings is 1. The highest BCUT2D eigenvalue weighted by atomic mass is 16.4. The Balaban J connectivity index is 1.39. The van der Waals surface area contributed by atoms with Crippen molar-refractivity contribution in [1.82, 2.24) is 19.4 Å². The molecule has 0 amide bonds. The molecule has 3 aromatic rings. The topological polar surface area (TPSA) is 100 Å². The van der Waals surface area contributed by atoms with Gasteiger partial charge in [0.15, 0.2) is 0 Å². The SMILES string of the molecule is O=C(O)c1cn(C2CCCC2)c2nc(Nc3ccc(CCN4CCCC4)cc3)ncc2c1=O. The summed E-state index contributed by atoms with van der Waals surface area (Å²) in [4.78, 5) is 35.8. The van der Waals surface area contributed by atoms with E-state index in [4.69, 9.17) is 0 Å². The number of rotatable bonds is 7. The van der Waals surface area contributed by atoms with Gasteiger partial charge in [-0.1, -0.05) is 25.0 Å². The maximum atomic E-state index is 12.7. The predicted molar refractivity (Wildman–Crippen MR) is 127 cm³/mol. The van der Waals surface area contributed by atoms with E-state index in [1.54, 1.807) is 0 Å². The molecule has 0 bridgehead atoms. The molecule has 1 saturated heterocycles. The highest BCUT2D eigenvalue weighted by Crippen LogP contribution is 2.31.